The van der Waals surface area contributed by atoms with Crippen molar-refractivity contribution in [1.29, 1.82) is 0 Å². The molecule has 7 heteroatoms. The molecule has 2 aromatic carbocycles. The fourth-order valence-electron chi connectivity index (χ4n) is 3.68. The van der Waals surface area contributed by atoms with Crippen LogP contribution < -0.4 is 14.2 Å². The molecule has 156 valence electrons. The Hall–Kier alpha value is -2.83. The summed E-state index contributed by atoms with van der Waals surface area (Å²) in [6.07, 6.45) is 3.87. The molecular weight excluding hydrogens is 380 g/mol. The third-order valence-corrected chi connectivity index (χ3v) is 5.14. The van der Waals surface area contributed by atoms with Gasteiger partial charge in [-0.15, -0.1) is 0 Å². The molecule has 0 spiro atoms. The molecule has 3 rings (SSSR count). The standard InChI is InChI=1S/C22H25F2NO4/c1-27-17-10-7-15(8-11-17)18-6-4-3-5-13-25(18)21(26)16-9-12-19(29-22(23)24)20(14-16)28-2/h7-12,14,18,22H,3-6,13H2,1-2H3. The van der Waals surface area contributed by atoms with Gasteiger partial charge in [-0.25, -0.2) is 0 Å². The van der Waals surface area contributed by atoms with E-state index >= 15 is 0 Å². The highest BCUT2D eigenvalue weighted by Crippen LogP contribution is 2.34. The van der Waals surface area contributed by atoms with Gasteiger partial charge in [0.2, 0.25) is 0 Å². The molecule has 29 heavy (non-hydrogen) atoms. The van der Waals surface area contributed by atoms with Crippen LogP contribution in [0.4, 0.5) is 8.78 Å². The van der Waals surface area contributed by atoms with E-state index in [-0.39, 0.29) is 23.4 Å². The lowest BCUT2D eigenvalue weighted by atomic mass is 10.00. The number of benzene rings is 2. The van der Waals surface area contributed by atoms with Crippen LogP contribution in [0.5, 0.6) is 17.2 Å². The normalized spacial score (nSPS) is 17.0. The maximum atomic E-state index is 13.3. The number of nitrogens with zero attached hydrogens (tertiary/aromatic N) is 1. The number of carbonyl (C=O) groups excluding carboxylic acids is 1. The minimum Gasteiger partial charge on any atom is -0.497 e. The molecule has 1 atom stereocenters. The zero-order chi connectivity index (χ0) is 20.8. The molecule has 0 aliphatic carbocycles. The average molecular weight is 405 g/mol. The molecule has 1 heterocycles. The van der Waals surface area contributed by atoms with Gasteiger partial charge in [-0.1, -0.05) is 25.0 Å². The van der Waals surface area contributed by atoms with Crippen LogP contribution in [0.2, 0.25) is 0 Å². The summed E-state index contributed by atoms with van der Waals surface area (Å²) in [6, 6.07) is 12.0. The van der Waals surface area contributed by atoms with Gasteiger partial charge in [-0.05, 0) is 48.7 Å². The van der Waals surface area contributed by atoms with Gasteiger partial charge in [0.15, 0.2) is 11.5 Å². The second kappa shape index (κ2) is 9.58. The van der Waals surface area contributed by atoms with Gasteiger partial charge in [0, 0.05) is 12.1 Å². The van der Waals surface area contributed by atoms with Gasteiger partial charge in [0.05, 0.1) is 20.3 Å². The van der Waals surface area contributed by atoms with Crippen LogP contribution >= 0.6 is 0 Å². The monoisotopic (exact) mass is 405 g/mol. The molecule has 0 aromatic heterocycles. The molecular formula is C22H25F2NO4. The summed E-state index contributed by atoms with van der Waals surface area (Å²) in [5, 5.41) is 0. The molecule has 1 fully saturated rings. The average Bonchev–Trinajstić information content (AvgIpc) is 2.99. The number of methoxy groups -OCH3 is 2. The molecule has 1 aliphatic heterocycles. The van der Waals surface area contributed by atoms with E-state index in [2.05, 4.69) is 4.74 Å². The maximum absolute atomic E-state index is 13.3. The Labute approximate surface area is 169 Å². The molecule has 0 N–H and O–H groups in total. The van der Waals surface area contributed by atoms with Crippen LogP contribution in [0.25, 0.3) is 0 Å². The lowest BCUT2D eigenvalue weighted by Gasteiger charge is -2.31. The lowest BCUT2D eigenvalue weighted by Crippen LogP contribution is -2.34. The number of rotatable bonds is 6. The smallest absolute Gasteiger partial charge is 0.387 e. The minimum absolute atomic E-state index is 0.0566. The highest BCUT2D eigenvalue weighted by molar-refractivity contribution is 5.95. The number of carbonyl (C=O) groups is 1. The van der Waals surface area contributed by atoms with Crippen molar-refractivity contribution >= 4 is 5.91 Å². The van der Waals surface area contributed by atoms with Crippen LogP contribution in [-0.4, -0.2) is 38.2 Å². The van der Waals surface area contributed by atoms with Crippen molar-refractivity contribution in [3.05, 3.63) is 53.6 Å². The van der Waals surface area contributed by atoms with Gasteiger partial charge >= 0.3 is 6.61 Å². The Morgan fingerprint density at radius 3 is 2.41 bits per heavy atom. The Kier molecular flexibility index (Phi) is 6.90. The molecule has 1 amide bonds. The van der Waals surface area contributed by atoms with Crippen molar-refractivity contribution < 1.29 is 27.8 Å². The topological polar surface area (TPSA) is 48.0 Å². The Balaban J connectivity index is 1.89. The molecule has 0 radical (unpaired) electrons. The van der Waals surface area contributed by atoms with Crippen molar-refractivity contribution in [2.75, 3.05) is 20.8 Å². The Bertz CT molecular complexity index is 826. The molecule has 5 nitrogen and oxygen atoms in total. The van der Waals surface area contributed by atoms with E-state index in [0.29, 0.717) is 12.1 Å². The largest absolute Gasteiger partial charge is 0.497 e. The highest BCUT2D eigenvalue weighted by Gasteiger charge is 2.28. The molecule has 1 unspecified atom stereocenters. The van der Waals surface area contributed by atoms with Crippen LogP contribution in [0.3, 0.4) is 0 Å². The summed E-state index contributed by atoms with van der Waals surface area (Å²) in [5.74, 6) is 0.614. The minimum atomic E-state index is -2.96. The highest BCUT2D eigenvalue weighted by atomic mass is 19.3. The number of likely N-dealkylation sites (tertiary alicyclic amines) is 1. The van der Waals surface area contributed by atoms with Crippen LogP contribution in [0.15, 0.2) is 42.5 Å². The zero-order valence-corrected chi connectivity index (χ0v) is 16.6. The first-order chi connectivity index (χ1) is 14.0. The molecule has 2 aromatic rings. The summed E-state index contributed by atoms with van der Waals surface area (Å²) >= 11 is 0. The van der Waals surface area contributed by atoms with Gasteiger partial charge in [0.1, 0.15) is 5.75 Å². The molecule has 1 aliphatic rings. The fraction of sp³-hybridized carbons (Fsp3) is 0.409. The zero-order valence-electron chi connectivity index (χ0n) is 16.6. The second-order valence-electron chi connectivity index (χ2n) is 6.88. The quantitative estimate of drug-likeness (QED) is 0.674. The fourth-order valence-corrected chi connectivity index (χ4v) is 3.68. The van der Waals surface area contributed by atoms with Crippen molar-refractivity contribution in [3.8, 4) is 17.2 Å². The summed E-state index contributed by atoms with van der Waals surface area (Å²) < 4.78 is 40.0. The van der Waals surface area contributed by atoms with E-state index in [9.17, 15) is 13.6 Å². The van der Waals surface area contributed by atoms with Crippen LogP contribution in [-0.2, 0) is 0 Å². The summed E-state index contributed by atoms with van der Waals surface area (Å²) in [4.78, 5) is 15.2. The van der Waals surface area contributed by atoms with E-state index < -0.39 is 6.61 Å². The molecule has 1 saturated heterocycles. The Morgan fingerprint density at radius 2 is 1.76 bits per heavy atom. The number of hydrogen-bond acceptors (Lipinski definition) is 4. The van der Waals surface area contributed by atoms with E-state index in [0.717, 1.165) is 37.0 Å². The van der Waals surface area contributed by atoms with Gasteiger partial charge in [0.25, 0.3) is 5.91 Å². The first-order valence-corrected chi connectivity index (χ1v) is 9.61. The third kappa shape index (κ3) is 4.96. The Morgan fingerprint density at radius 1 is 1.00 bits per heavy atom. The van der Waals surface area contributed by atoms with Crippen molar-refractivity contribution in [3.63, 3.8) is 0 Å². The van der Waals surface area contributed by atoms with Crippen LogP contribution in [0, 0.1) is 0 Å². The number of ether oxygens (including phenoxy) is 3. The van der Waals surface area contributed by atoms with Gasteiger partial charge in [-0.2, -0.15) is 8.78 Å². The van der Waals surface area contributed by atoms with Crippen molar-refractivity contribution in [1.82, 2.24) is 4.90 Å². The third-order valence-electron chi connectivity index (χ3n) is 5.14. The number of halogens is 2. The van der Waals surface area contributed by atoms with E-state index in [1.807, 2.05) is 29.2 Å². The van der Waals surface area contributed by atoms with E-state index in [4.69, 9.17) is 9.47 Å². The predicted octanol–water partition coefficient (Wildman–Crippen LogP) is 5.06. The summed E-state index contributed by atoms with van der Waals surface area (Å²) in [5.41, 5.74) is 1.43. The van der Waals surface area contributed by atoms with Crippen molar-refractivity contribution in [2.24, 2.45) is 0 Å². The summed E-state index contributed by atoms with van der Waals surface area (Å²) in [6.45, 7) is -2.33. The second-order valence-corrected chi connectivity index (χ2v) is 6.88. The number of amides is 1. The van der Waals surface area contributed by atoms with E-state index in [1.54, 1.807) is 7.11 Å². The van der Waals surface area contributed by atoms with Gasteiger partial charge in [-0.3, -0.25) is 4.79 Å². The first-order valence-electron chi connectivity index (χ1n) is 9.61. The van der Waals surface area contributed by atoms with Crippen LogP contribution in [0.1, 0.15) is 47.6 Å². The van der Waals surface area contributed by atoms with E-state index in [1.165, 1.54) is 25.3 Å². The SMILES string of the molecule is COc1ccc(C2CCCCCN2C(=O)c2ccc(OC(F)F)c(OC)c2)cc1. The van der Waals surface area contributed by atoms with Gasteiger partial charge < -0.3 is 19.1 Å². The molecule has 0 saturated carbocycles. The first kappa shape index (κ1) is 20.9. The summed E-state index contributed by atoms with van der Waals surface area (Å²) in [7, 11) is 2.97. The predicted molar refractivity (Wildman–Crippen MR) is 105 cm³/mol. The number of hydrogen-bond donors (Lipinski definition) is 0. The lowest BCUT2D eigenvalue weighted by molar-refractivity contribution is -0.0512. The molecule has 0 bridgehead atoms. The van der Waals surface area contributed by atoms with Crippen molar-refractivity contribution in [2.45, 2.75) is 38.3 Å². The number of alkyl halides is 2. The maximum Gasteiger partial charge on any atom is 0.387 e.